The molecule has 9 nitrogen and oxygen atoms in total. The molecule has 0 atom stereocenters. The number of nitrogens with one attached hydrogen (secondary N) is 1. The minimum Gasteiger partial charge on any atom is -0.769 e. The molecule has 0 saturated carbocycles. The highest BCUT2D eigenvalue weighted by atomic mass is 16.8. The van der Waals surface area contributed by atoms with Crippen molar-refractivity contribution in [3.63, 3.8) is 0 Å². The second kappa shape index (κ2) is 9.72. The molecule has 9 heteroatoms. The molecule has 0 aliphatic rings. The lowest BCUT2D eigenvalue weighted by Crippen LogP contribution is -2.14. The number of rotatable bonds is 8. The normalized spacial score (nSPS) is 11.6. The van der Waals surface area contributed by atoms with Crippen LogP contribution in [0, 0.1) is 10.4 Å². The molecule has 3 N–H and O–H groups in total. The minimum absolute atomic E-state index is 0.180. The Labute approximate surface area is 189 Å². The summed E-state index contributed by atoms with van der Waals surface area (Å²) in [6.07, 6.45) is 1.19. The van der Waals surface area contributed by atoms with Crippen LogP contribution in [0.5, 0.6) is 0 Å². The monoisotopic (exact) mass is 446 g/mol. The predicted molar refractivity (Wildman–Crippen MR) is 128 cm³/mol. The average Bonchev–Trinajstić information content (AvgIpc) is 3.20. The maximum absolute atomic E-state index is 10.9. The highest BCUT2D eigenvalue weighted by Crippen LogP contribution is 2.35. The molecule has 1 aromatic heterocycles. The quantitative estimate of drug-likeness (QED) is 0.225. The van der Waals surface area contributed by atoms with Crippen molar-refractivity contribution < 1.29 is 14.8 Å². The SMILES string of the molecule is CC(CCc1oc2ccccc2c1-c1ccccc1)=NNc1ccc(N([O-])[O-])cc1N(O)O. The van der Waals surface area contributed by atoms with Gasteiger partial charge in [0, 0.05) is 28.8 Å². The van der Waals surface area contributed by atoms with Crippen molar-refractivity contribution in [1.82, 2.24) is 0 Å². The van der Waals surface area contributed by atoms with E-state index in [0.717, 1.165) is 39.6 Å². The number of para-hydroxylation sites is 1. The van der Waals surface area contributed by atoms with E-state index in [1.165, 1.54) is 12.1 Å². The van der Waals surface area contributed by atoms with Crippen LogP contribution in [0.1, 0.15) is 19.1 Å². The van der Waals surface area contributed by atoms with Crippen LogP contribution in [-0.4, -0.2) is 16.1 Å². The first-order chi connectivity index (χ1) is 15.9. The van der Waals surface area contributed by atoms with Gasteiger partial charge in [-0.1, -0.05) is 48.5 Å². The van der Waals surface area contributed by atoms with Gasteiger partial charge in [-0.2, -0.15) is 5.10 Å². The molecule has 0 unspecified atom stereocenters. The number of aryl methyl sites for hydroxylation is 1. The van der Waals surface area contributed by atoms with Gasteiger partial charge in [0.25, 0.3) is 0 Å². The molecule has 0 spiro atoms. The first kappa shape index (κ1) is 22.3. The molecular formula is C24H22N4O5-2. The molecule has 0 saturated heterocycles. The smallest absolute Gasteiger partial charge is 0.134 e. The fourth-order valence-corrected chi connectivity index (χ4v) is 3.59. The van der Waals surface area contributed by atoms with E-state index in [4.69, 9.17) is 4.42 Å². The van der Waals surface area contributed by atoms with Crippen LogP contribution >= 0.6 is 0 Å². The first-order valence-electron chi connectivity index (χ1n) is 10.3. The molecule has 0 bridgehead atoms. The predicted octanol–water partition coefficient (Wildman–Crippen LogP) is 5.91. The third kappa shape index (κ3) is 4.97. The summed E-state index contributed by atoms with van der Waals surface area (Å²) in [5, 5.41) is 45.2. The summed E-state index contributed by atoms with van der Waals surface area (Å²) in [4.78, 5) is 0. The van der Waals surface area contributed by atoms with E-state index in [0.29, 0.717) is 12.8 Å². The van der Waals surface area contributed by atoms with Gasteiger partial charge in [0.1, 0.15) is 17.0 Å². The molecule has 0 fully saturated rings. The van der Waals surface area contributed by atoms with Crippen molar-refractivity contribution in [3.05, 3.63) is 89.0 Å². The Morgan fingerprint density at radius 2 is 1.73 bits per heavy atom. The first-order valence-corrected chi connectivity index (χ1v) is 10.3. The maximum Gasteiger partial charge on any atom is 0.134 e. The van der Waals surface area contributed by atoms with Gasteiger partial charge in [-0.25, -0.2) is 0 Å². The number of hydrogen-bond donors (Lipinski definition) is 3. The molecule has 33 heavy (non-hydrogen) atoms. The van der Waals surface area contributed by atoms with E-state index in [-0.39, 0.29) is 22.3 Å². The van der Waals surface area contributed by atoms with Gasteiger partial charge in [0.2, 0.25) is 0 Å². The number of anilines is 3. The minimum atomic E-state index is -0.622. The molecule has 0 amide bonds. The summed E-state index contributed by atoms with van der Waals surface area (Å²) in [6.45, 7) is 1.83. The second-order valence-electron chi connectivity index (χ2n) is 7.47. The van der Waals surface area contributed by atoms with Crippen LogP contribution < -0.4 is 15.9 Å². The highest BCUT2D eigenvalue weighted by Gasteiger charge is 2.16. The van der Waals surface area contributed by atoms with Crippen molar-refractivity contribution in [2.24, 2.45) is 5.10 Å². The summed E-state index contributed by atoms with van der Waals surface area (Å²) in [7, 11) is 0. The summed E-state index contributed by atoms with van der Waals surface area (Å²) >= 11 is 0. The Kier molecular flexibility index (Phi) is 6.57. The van der Waals surface area contributed by atoms with Crippen LogP contribution in [-0.2, 0) is 6.42 Å². The third-order valence-corrected chi connectivity index (χ3v) is 5.22. The molecule has 0 radical (unpaired) electrons. The van der Waals surface area contributed by atoms with E-state index in [1.54, 1.807) is 0 Å². The molecule has 4 rings (SSSR count). The van der Waals surface area contributed by atoms with Gasteiger partial charge < -0.3 is 20.1 Å². The highest BCUT2D eigenvalue weighted by molar-refractivity contribution is 5.96. The van der Waals surface area contributed by atoms with Crippen LogP contribution in [0.15, 0.2) is 82.3 Å². The van der Waals surface area contributed by atoms with Gasteiger partial charge in [-0.15, -0.1) is 5.23 Å². The Hall–Kier alpha value is -3.89. The van der Waals surface area contributed by atoms with E-state index < -0.39 is 5.23 Å². The molecule has 4 aromatic rings. The lowest BCUT2D eigenvalue weighted by Gasteiger charge is -2.37. The lowest BCUT2D eigenvalue weighted by atomic mass is 9.99. The van der Waals surface area contributed by atoms with Gasteiger partial charge in [-0.3, -0.25) is 15.8 Å². The fourth-order valence-electron chi connectivity index (χ4n) is 3.59. The van der Waals surface area contributed by atoms with Gasteiger partial charge in [0.15, 0.2) is 0 Å². The molecule has 1 heterocycles. The maximum atomic E-state index is 10.9. The van der Waals surface area contributed by atoms with E-state index >= 15 is 0 Å². The molecule has 0 aliphatic carbocycles. The van der Waals surface area contributed by atoms with E-state index in [9.17, 15) is 20.8 Å². The van der Waals surface area contributed by atoms with Gasteiger partial charge >= 0.3 is 0 Å². The van der Waals surface area contributed by atoms with E-state index in [1.807, 2.05) is 49.4 Å². The van der Waals surface area contributed by atoms with E-state index in [2.05, 4.69) is 22.7 Å². The van der Waals surface area contributed by atoms with Crippen LogP contribution in [0.2, 0.25) is 0 Å². The van der Waals surface area contributed by atoms with Crippen molar-refractivity contribution in [3.8, 4) is 11.1 Å². The Morgan fingerprint density at radius 1 is 1.00 bits per heavy atom. The largest absolute Gasteiger partial charge is 0.769 e. The number of fused-ring (bicyclic) bond motifs is 1. The number of benzene rings is 3. The molecule has 0 aliphatic heterocycles. The number of furan rings is 1. The molecule has 170 valence electrons. The van der Waals surface area contributed by atoms with Crippen molar-refractivity contribution in [2.75, 3.05) is 15.9 Å². The Morgan fingerprint density at radius 3 is 2.45 bits per heavy atom. The van der Waals surface area contributed by atoms with Crippen molar-refractivity contribution in [2.45, 2.75) is 19.8 Å². The van der Waals surface area contributed by atoms with Crippen LogP contribution in [0.4, 0.5) is 17.1 Å². The molecular weight excluding hydrogens is 424 g/mol. The lowest BCUT2D eigenvalue weighted by molar-refractivity contribution is 0.0295. The number of hydrazone groups is 1. The number of nitrogens with zero attached hydrogens (tertiary/aromatic N) is 3. The summed E-state index contributed by atoms with van der Waals surface area (Å²) in [6, 6.07) is 21.6. The average molecular weight is 446 g/mol. The standard InChI is InChI=1S/C24H22N4O5/c1-16(25-26-20-13-12-18(27(29)30)15-21(20)28(31)32)11-14-23-24(17-7-3-2-4-8-17)19-9-5-6-10-22(19)33-23/h2-10,12-13,15,26,31-32H,11,14H2,1H3/q-2. The zero-order valence-corrected chi connectivity index (χ0v) is 17.8. The Bertz CT molecular complexity index is 1270. The summed E-state index contributed by atoms with van der Waals surface area (Å²) < 4.78 is 6.14. The summed E-state index contributed by atoms with van der Waals surface area (Å²) in [5.74, 6) is 0.852. The van der Waals surface area contributed by atoms with Gasteiger partial charge in [-0.05, 0) is 43.2 Å². The Balaban J connectivity index is 1.54. The number of hydrogen-bond acceptors (Lipinski definition) is 9. The molecule has 3 aromatic carbocycles. The second-order valence-corrected chi connectivity index (χ2v) is 7.47. The summed E-state index contributed by atoms with van der Waals surface area (Å²) in [5.41, 5.74) is 6.17. The third-order valence-electron chi connectivity index (χ3n) is 5.22. The zero-order chi connectivity index (χ0) is 23.4. The van der Waals surface area contributed by atoms with Crippen LogP contribution in [0.25, 0.3) is 22.1 Å². The van der Waals surface area contributed by atoms with Crippen molar-refractivity contribution in [1.29, 1.82) is 0 Å². The van der Waals surface area contributed by atoms with Crippen LogP contribution in [0.3, 0.4) is 0 Å². The van der Waals surface area contributed by atoms with Crippen molar-refractivity contribution >= 4 is 33.7 Å². The van der Waals surface area contributed by atoms with Gasteiger partial charge in [0.05, 0.1) is 5.69 Å². The topological polar surface area (TPSA) is 131 Å². The fraction of sp³-hybridized carbons (Fsp3) is 0.125. The zero-order valence-electron chi connectivity index (χ0n) is 17.8.